The zero-order valence-electron chi connectivity index (χ0n) is 14.5. The molecular formula is C21H18FN3O2. The Morgan fingerprint density at radius 3 is 2.15 bits per heavy atom. The second kappa shape index (κ2) is 8.62. The molecule has 0 bridgehead atoms. The highest BCUT2D eigenvalue weighted by atomic mass is 19.1. The van der Waals surface area contributed by atoms with E-state index in [1.807, 2.05) is 30.3 Å². The smallest absolute Gasteiger partial charge is 0.335 e. The lowest BCUT2D eigenvalue weighted by Crippen LogP contribution is -2.30. The van der Waals surface area contributed by atoms with Crippen LogP contribution in [0.4, 0.5) is 9.18 Å². The van der Waals surface area contributed by atoms with Crippen molar-refractivity contribution in [1.29, 1.82) is 0 Å². The molecule has 5 nitrogen and oxygen atoms in total. The molecule has 3 aromatic rings. The number of rotatable bonds is 6. The molecule has 0 aliphatic carbocycles. The van der Waals surface area contributed by atoms with Gasteiger partial charge in [-0.15, -0.1) is 0 Å². The van der Waals surface area contributed by atoms with E-state index in [2.05, 4.69) is 5.10 Å². The molecule has 3 rings (SSSR count). The average Bonchev–Trinajstić information content (AvgIpc) is 2.68. The Labute approximate surface area is 156 Å². The van der Waals surface area contributed by atoms with Gasteiger partial charge in [-0.3, -0.25) is 0 Å². The Morgan fingerprint density at radius 2 is 1.56 bits per heavy atom. The third-order valence-corrected chi connectivity index (χ3v) is 3.71. The van der Waals surface area contributed by atoms with Crippen LogP contribution in [0.5, 0.6) is 11.5 Å². The predicted octanol–water partition coefficient (Wildman–Crippen LogP) is 4.53. The van der Waals surface area contributed by atoms with Crippen LogP contribution >= 0.6 is 0 Å². The second-order valence-corrected chi connectivity index (χ2v) is 5.75. The molecule has 0 heterocycles. The van der Waals surface area contributed by atoms with Gasteiger partial charge in [-0.1, -0.05) is 30.3 Å². The Hall–Kier alpha value is -3.67. The van der Waals surface area contributed by atoms with Gasteiger partial charge in [-0.2, -0.15) is 5.10 Å². The first kappa shape index (κ1) is 18.1. The van der Waals surface area contributed by atoms with Gasteiger partial charge in [0.25, 0.3) is 0 Å². The summed E-state index contributed by atoms with van der Waals surface area (Å²) in [5, 5.41) is 5.36. The highest BCUT2D eigenvalue weighted by molar-refractivity contribution is 5.81. The quantitative estimate of drug-likeness (QED) is 0.516. The van der Waals surface area contributed by atoms with Gasteiger partial charge >= 0.3 is 6.03 Å². The third kappa shape index (κ3) is 5.40. The van der Waals surface area contributed by atoms with Crippen molar-refractivity contribution in [3.05, 3.63) is 95.8 Å². The minimum atomic E-state index is -0.633. The molecule has 6 heteroatoms. The normalized spacial score (nSPS) is 10.7. The van der Waals surface area contributed by atoms with Crippen molar-refractivity contribution in [2.75, 3.05) is 0 Å². The number of halogens is 1. The number of carbonyl (C=O) groups excluding carboxylic acids is 1. The zero-order chi connectivity index (χ0) is 19.1. The van der Waals surface area contributed by atoms with Gasteiger partial charge in [-0.05, 0) is 59.7 Å². The van der Waals surface area contributed by atoms with E-state index in [1.54, 1.807) is 42.6 Å². The average molecular weight is 363 g/mol. The molecule has 0 atom stereocenters. The molecule has 0 radical (unpaired) electrons. The predicted molar refractivity (Wildman–Crippen MR) is 102 cm³/mol. The summed E-state index contributed by atoms with van der Waals surface area (Å²) >= 11 is 0. The molecule has 2 N–H and O–H groups in total. The number of nitrogens with two attached hydrogens (primary N) is 1. The Morgan fingerprint density at radius 1 is 0.963 bits per heavy atom. The first-order valence-corrected chi connectivity index (χ1v) is 8.28. The lowest BCUT2D eigenvalue weighted by molar-refractivity contribution is 0.208. The molecular weight excluding hydrogens is 345 g/mol. The summed E-state index contributed by atoms with van der Waals surface area (Å²) in [4.78, 5) is 11.6. The maximum absolute atomic E-state index is 12.9. The van der Waals surface area contributed by atoms with Gasteiger partial charge in [0.1, 0.15) is 17.3 Å². The van der Waals surface area contributed by atoms with Crippen LogP contribution in [0.3, 0.4) is 0 Å². The number of amides is 2. The Kier molecular flexibility index (Phi) is 5.79. The minimum absolute atomic E-state index is 0.290. The van der Waals surface area contributed by atoms with Crippen LogP contribution in [0.25, 0.3) is 0 Å². The first-order chi connectivity index (χ1) is 13.1. The third-order valence-electron chi connectivity index (χ3n) is 3.71. The van der Waals surface area contributed by atoms with Crippen LogP contribution in [0.2, 0.25) is 0 Å². The lowest BCUT2D eigenvalue weighted by atomic mass is 10.2. The van der Waals surface area contributed by atoms with E-state index >= 15 is 0 Å². The van der Waals surface area contributed by atoms with E-state index in [4.69, 9.17) is 10.5 Å². The maximum Gasteiger partial charge on any atom is 0.335 e. The summed E-state index contributed by atoms with van der Waals surface area (Å²) in [5.74, 6) is 0.832. The zero-order valence-corrected chi connectivity index (χ0v) is 14.5. The Balaban J connectivity index is 1.65. The van der Waals surface area contributed by atoms with Gasteiger partial charge in [0, 0.05) is 0 Å². The van der Waals surface area contributed by atoms with E-state index in [0.29, 0.717) is 18.0 Å². The minimum Gasteiger partial charge on any atom is -0.457 e. The van der Waals surface area contributed by atoms with Crippen molar-refractivity contribution >= 4 is 12.2 Å². The summed E-state index contributed by atoms with van der Waals surface area (Å²) in [6, 6.07) is 21.7. The highest BCUT2D eigenvalue weighted by Crippen LogP contribution is 2.21. The summed E-state index contributed by atoms with van der Waals surface area (Å²) < 4.78 is 18.6. The molecule has 0 aliphatic heterocycles. The topological polar surface area (TPSA) is 67.9 Å². The van der Waals surface area contributed by atoms with Crippen molar-refractivity contribution in [2.24, 2.45) is 10.8 Å². The van der Waals surface area contributed by atoms with Crippen LogP contribution < -0.4 is 10.5 Å². The number of nitrogens with zero attached hydrogens (tertiary/aromatic N) is 2. The summed E-state index contributed by atoms with van der Waals surface area (Å²) in [5.41, 5.74) is 7.10. The number of benzene rings is 3. The van der Waals surface area contributed by atoms with Gasteiger partial charge < -0.3 is 10.5 Å². The standard InChI is InChI=1S/C21H18FN3O2/c22-18-8-12-20(13-9-18)27-19-10-6-16(7-11-19)14-24-25(21(23)26)15-17-4-2-1-3-5-17/h1-14H,15H2,(H2,23,26). The van der Waals surface area contributed by atoms with Crippen molar-refractivity contribution in [2.45, 2.75) is 6.54 Å². The van der Waals surface area contributed by atoms with Crippen LogP contribution in [0, 0.1) is 5.82 Å². The van der Waals surface area contributed by atoms with E-state index in [-0.39, 0.29) is 5.82 Å². The molecule has 2 amide bonds. The fraction of sp³-hybridized carbons (Fsp3) is 0.0476. The van der Waals surface area contributed by atoms with Gasteiger partial charge in [0.15, 0.2) is 0 Å². The number of urea groups is 1. The fourth-order valence-corrected chi connectivity index (χ4v) is 2.33. The van der Waals surface area contributed by atoms with Crippen LogP contribution in [-0.4, -0.2) is 17.3 Å². The number of hydrogen-bond acceptors (Lipinski definition) is 3. The van der Waals surface area contributed by atoms with Crippen molar-refractivity contribution in [1.82, 2.24) is 5.01 Å². The molecule has 0 saturated heterocycles. The molecule has 0 spiro atoms. The van der Waals surface area contributed by atoms with Gasteiger partial charge in [0.2, 0.25) is 0 Å². The molecule has 0 aromatic heterocycles. The van der Waals surface area contributed by atoms with Crippen LogP contribution in [0.15, 0.2) is 84.0 Å². The van der Waals surface area contributed by atoms with Gasteiger partial charge in [0.05, 0.1) is 12.8 Å². The first-order valence-electron chi connectivity index (χ1n) is 8.28. The molecule has 0 aliphatic rings. The van der Waals surface area contributed by atoms with Crippen LogP contribution in [0.1, 0.15) is 11.1 Å². The monoisotopic (exact) mass is 363 g/mol. The number of primary amides is 1. The number of ether oxygens (including phenoxy) is 1. The van der Waals surface area contributed by atoms with E-state index in [9.17, 15) is 9.18 Å². The van der Waals surface area contributed by atoms with E-state index in [1.165, 1.54) is 17.1 Å². The molecule has 27 heavy (non-hydrogen) atoms. The lowest BCUT2D eigenvalue weighted by Gasteiger charge is -2.14. The number of hydrogen-bond donors (Lipinski definition) is 1. The van der Waals surface area contributed by atoms with Crippen molar-refractivity contribution < 1.29 is 13.9 Å². The SMILES string of the molecule is NC(=O)N(Cc1ccccc1)N=Cc1ccc(Oc2ccc(F)cc2)cc1. The van der Waals surface area contributed by atoms with Crippen LogP contribution in [-0.2, 0) is 6.54 Å². The molecule has 0 saturated carbocycles. The second-order valence-electron chi connectivity index (χ2n) is 5.75. The maximum atomic E-state index is 12.9. The summed E-state index contributed by atoms with van der Waals surface area (Å²) in [6.45, 7) is 0.290. The molecule has 136 valence electrons. The largest absolute Gasteiger partial charge is 0.457 e. The molecule has 3 aromatic carbocycles. The number of hydrazone groups is 1. The highest BCUT2D eigenvalue weighted by Gasteiger charge is 2.08. The van der Waals surface area contributed by atoms with E-state index in [0.717, 1.165) is 11.1 Å². The molecule has 0 fully saturated rings. The van der Waals surface area contributed by atoms with Crippen molar-refractivity contribution in [3.8, 4) is 11.5 Å². The fourth-order valence-electron chi connectivity index (χ4n) is 2.33. The Bertz CT molecular complexity index is 910. The number of carbonyl (C=O) groups is 1. The summed E-state index contributed by atoms with van der Waals surface area (Å²) in [6.07, 6.45) is 1.55. The van der Waals surface area contributed by atoms with Gasteiger partial charge in [-0.25, -0.2) is 14.2 Å². The summed E-state index contributed by atoms with van der Waals surface area (Å²) in [7, 11) is 0. The van der Waals surface area contributed by atoms with E-state index < -0.39 is 6.03 Å². The molecule has 0 unspecified atom stereocenters. The van der Waals surface area contributed by atoms with Crippen molar-refractivity contribution in [3.63, 3.8) is 0 Å².